The molecule has 2 aliphatic rings. The zero-order valence-electron chi connectivity index (χ0n) is 18.9. The van der Waals surface area contributed by atoms with Gasteiger partial charge in [0.1, 0.15) is 16.7 Å². The number of anilines is 1. The van der Waals surface area contributed by atoms with E-state index in [2.05, 4.69) is 35.1 Å². The maximum Gasteiger partial charge on any atom is 0.247 e. The Morgan fingerprint density at radius 3 is 2.88 bits per heavy atom. The van der Waals surface area contributed by atoms with Crippen LogP contribution in [0.2, 0.25) is 0 Å². The molecule has 0 bridgehead atoms. The van der Waals surface area contributed by atoms with Crippen LogP contribution in [0.3, 0.4) is 0 Å². The number of carbonyl (C=O) groups is 1. The second-order valence-electron chi connectivity index (χ2n) is 9.66. The molecule has 1 atom stereocenters. The number of thiophene rings is 1. The molecule has 8 nitrogen and oxygen atoms in total. The fourth-order valence-electron chi connectivity index (χ4n) is 4.84. The van der Waals surface area contributed by atoms with Gasteiger partial charge < -0.3 is 19.7 Å². The molecule has 0 unspecified atom stereocenters. The van der Waals surface area contributed by atoms with Crippen LogP contribution >= 0.6 is 11.3 Å². The molecule has 1 saturated heterocycles. The van der Waals surface area contributed by atoms with Crippen LogP contribution in [0.15, 0.2) is 12.1 Å². The van der Waals surface area contributed by atoms with E-state index in [9.17, 15) is 9.90 Å². The monoisotopic (exact) mass is 457 g/mol. The highest BCUT2D eigenvalue weighted by molar-refractivity contribution is 7.23. The number of hydrogen-bond acceptors (Lipinski definition) is 6. The van der Waals surface area contributed by atoms with Crippen molar-refractivity contribution in [1.82, 2.24) is 20.1 Å². The van der Waals surface area contributed by atoms with Gasteiger partial charge in [0.15, 0.2) is 0 Å². The number of nitrogens with zero attached hydrogens (tertiary/aromatic N) is 3. The number of amides is 1. The number of hydrogen-bond donors (Lipinski definition) is 3. The molecule has 3 aromatic heterocycles. The highest BCUT2D eigenvalue weighted by atomic mass is 32.1. The maximum atomic E-state index is 13.1. The number of aromatic amines is 2. The largest absolute Gasteiger partial charge is 0.394 e. The number of likely N-dealkylation sites (N-methyl/N-ethyl adjacent to an activating group) is 1. The van der Waals surface area contributed by atoms with Gasteiger partial charge in [-0.05, 0) is 36.8 Å². The van der Waals surface area contributed by atoms with Crippen molar-refractivity contribution < 1.29 is 14.6 Å². The van der Waals surface area contributed by atoms with Gasteiger partial charge in [0.25, 0.3) is 0 Å². The number of morpholine rings is 1. The fourth-order valence-corrected chi connectivity index (χ4v) is 5.87. The van der Waals surface area contributed by atoms with E-state index in [1.807, 2.05) is 11.0 Å². The van der Waals surface area contributed by atoms with Crippen molar-refractivity contribution in [2.24, 2.45) is 5.41 Å². The topological polar surface area (TPSA) is 97.5 Å². The maximum absolute atomic E-state index is 13.1. The first kappa shape index (κ1) is 21.6. The molecule has 1 fully saturated rings. The zero-order chi connectivity index (χ0) is 22.5. The predicted molar refractivity (Wildman–Crippen MR) is 126 cm³/mol. The Balaban J connectivity index is 1.36. The van der Waals surface area contributed by atoms with Gasteiger partial charge in [-0.1, -0.05) is 13.8 Å². The van der Waals surface area contributed by atoms with Gasteiger partial charge in [0.2, 0.25) is 5.91 Å². The van der Waals surface area contributed by atoms with Crippen molar-refractivity contribution in [2.75, 3.05) is 44.9 Å². The zero-order valence-corrected chi connectivity index (χ0v) is 19.7. The number of aliphatic hydroxyl groups is 1. The summed E-state index contributed by atoms with van der Waals surface area (Å²) in [7, 11) is 1.78. The lowest BCUT2D eigenvalue weighted by atomic mass is 9.76. The second-order valence-corrected chi connectivity index (χ2v) is 10.7. The summed E-state index contributed by atoms with van der Waals surface area (Å²) in [6, 6.07) is 3.60. The molecule has 172 valence electrons. The molecule has 3 N–H and O–H groups in total. The van der Waals surface area contributed by atoms with Crippen molar-refractivity contribution >= 4 is 32.5 Å². The van der Waals surface area contributed by atoms with Gasteiger partial charge in [0.05, 0.1) is 35.7 Å². The minimum Gasteiger partial charge on any atom is -0.394 e. The number of carbonyl (C=O) groups excluding carboxylic acids is 1. The molecule has 9 heteroatoms. The van der Waals surface area contributed by atoms with Crippen molar-refractivity contribution in [1.29, 1.82) is 0 Å². The van der Waals surface area contributed by atoms with E-state index in [-0.39, 0.29) is 12.5 Å². The normalized spacial score (nSPS) is 19.8. The number of fused-ring (bicyclic) bond motifs is 2. The summed E-state index contributed by atoms with van der Waals surface area (Å²) in [5.74, 6) is -0.0949. The Morgan fingerprint density at radius 2 is 2.16 bits per heavy atom. The number of aliphatic hydroxyl groups excluding tert-OH is 1. The van der Waals surface area contributed by atoms with Gasteiger partial charge in [-0.3, -0.25) is 14.8 Å². The minimum absolute atomic E-state index is 0.0949. The standard InChI is InChI=1S/C23H31N5O3S/c1-23(2)5-4-14-17(12-23)25-26-21(14)16-10-19-15(24-16)11-20(32-19)27(3)22(30)18(13-29)28-6-8-31-9-7-28/h10-11,18,24,29H,4-9,12-13H2,1-3H3,(H,25,26)/t18-/m0/s1. The Hall–Kier alpha value is -2.20. The molecule has 1 aliphatic carbocycles. The molecule has 0 spiro atoms. The minimum atomic E-state index is -0.542. The van der Waals surface area contributed by atoms with Crippen LogP contribution in [-0.4, -0.2) is 77.1 Å². The molecular formula is C23H31N5O3S. The Bertz CT molecular complexity index is 1090. The van der Waals surface area contributed by atoms with Crippen LogP contribution in [0.25, 0.3) is 21.6 Å². The number of H-pyrrole nitrogens is 2. The quantitative estimate of drug-likeness (QED) is 0.547. The molecular weight excluding hydrogens is 426 g/mol. The van der Waals surface area contributed by atoms with Crippen LogP contribution in [0.4, 0.5) is 5.00 Å². The third kappa shape index (κ3) is 3.87. The first-order valence-electron chi connectivity index (χ1n) is 11.3. The lowest BCUT2D eigenvalue weighted by Crippen LogP contribution is -2.53. The first-order chi connectivity index (χ1) is 15.4. The number of aromatic nitrogens is 3. The van der Waals surface area contributed by atoms with E-state index < -0.39 is 6.04 Å². The highest BCUT2D eigenvalue weighted by Crippen LogP contribution is 2.40. The number of rotatable bonds is 5. The average molecular weight is 458 g/mol. The van der Waals surface area contributed by atoms with Crippen LogP contribution in [0.1, 0.15) is 31.5 Å². The van der Waals surface area contributed by atoms with Crippen molar-refractivity contribution in [3.05, 3.63) is 23.4 Å². The van der Waals surface area contributed by atoms with E-state index in [0.29, 0.717) is 31.7 Å². The Labute approximate surface area is 191 Å². The molecule has 3 aromatic rings. The Morgan fingerprint density at radius 1 is 1.38 bits per heavy atom. The van der Waals surface area contributed by atoms with E-state index in [4.69, 9.17) is 4.74 Å². The molecule has 1 aliphatic heterocycles. The summed E-state index contributed by atoms with van der Waals surface area (Å²) < 4.78 is 6.47. The molecule has 0 radical (unpaired) electrons. The molecule has 1 amide bonds. The summed E-state index contributed by atoms with van der Waals surface area (Å²) in [4.78, 5) is 20.3. The molecule has 0 saturated carbocycles. The van der Waals surface area contributed by atoms with Gasteiger partial charge in [0, 0.05) is 31.4 Å². The molecule has 32 heavy (non-hydrogen) atoms. The summed E-state index contributed by atoms with van der Waals surface area (Å²) in [6.45, 7) is 6.91. The summed E-state index contributed by atoms with van der Waals surface area (Å²) >= 11 is 1.57. The average Bonchev–Trinajstić information content (AvgIpc) is 3.46. The third-order valence-electron chi connectivity index (χ3n) is 6.81. The van der Waals surface area contributed by atoms with Crippen molar-refractivity contribution in [3.63, 3.8) is 0 Å². The van der Waals surface area contributed by atoms with Crippen molar-refractivity contribution in [3.8, 4) is 11.4 Å². The van der Waals surface area contributed by atoms with E-state index in [0.717, 1.165) is 45.9 Å². The second kappa shape index (κ2) is 8.30. The third-order valence-corrected chi connectivity index (χ3v) is 7.97. The number of ether oxygens (including phenoxy) is 1. The van der Waals surface area contributed by atoms with E-state index in [1.54, 1.807) is 23.3 Å². The molecule has 0 aromatic carbocycles. The SMILES string of the molecule is CN(C(=O)[C@H](CO)N1CCOCC1)c1cc2[nH]c(-c3n[nH]c4c3CCC(C)(C)C4)cc2s1. The van der Waals surface area contributed by atoms with Crippen molar-refractivity contribution in [2.45, 2.75) is 39.2 Å². The number of nitrogens with one attached hydrogen (secondary N) is 2. The Kier molecular flexibility index (Phi) is 5.61. The van der Waals surface area contributed by atoms with Crippen LogP contribution in [0, 0.1) is 5.41 Å². The van der Waals surface area contributed by atoms with Crippen LogP contribution < -0.4 is 4.90 Å². The predicted octanol–water partition coefficient (Wildman–Crippen LogP) is 2.79. The van der Waals surface area contributed by atoms with Gasteiger partial charge in [-0.2, -0.15) is 5.10 Å². The van der Waals surface area contributed by atoms with Crippen LogP contribution in [0.5, 0.6) is 0 Å². The van der Waals surface area contributed by atoms with Gasteiger partial charge >= 0.3 is 0 Å². The summed E-state index contributed by atoms with van der Waals surface area (Å²) in [5.41, 5.74) is 5.91. The molecule has 5 rings (SSSR count). The van der Waals surface area contributed by atoms with E-state index in [1.165, 1.54) is 11.3 Å². The first-order valence-corrected chi connectivity index (χ1v) is 12.1. The van der Waals surface area contributed by atoms with Gasteiger partial charge in [-0.15, -0.1) is 11.3 Å². The lowest BCUT2D eigenvalue weighted by molar-refractivity contribution is -0.126. The van der Waals surface area contributed by atoms with Gasteiger partial charge in [-0.25, -0.2) is 0 Å². The fraction of sp³-hybridized carbons (Fsp3) is 0.565. The summed E-state index contributed by atoms with van der Waals surface area (Å²) in [6.07, 6.45) is 3.22. The van der Waals surface area contributed by atoms with Crippen LogP contribution in [-0.2, 0) is 22.4 Å². The van der Waals surface area contributed by atoms with E-state index >= 15 is 0 Å². The molecule has 4 heterocycles. The lowest BCUT2D eigenvalue weighted by Gasteiger charge is -2.34. The summed E-state index contributed by atoms with van der Waals surface area (Å²) in [5, 5.41) is 18.6. The smallest absolute Gasteiger partial charge is 0.247 e. The highest BCUT2D eigenvalue weighted by Gasteiger charge is 2.31.